The summed E-state index contributed by atoms with van der Waals surface area (Å²) in [6, 6.07) is 0.373. The second kappa shape index (κ2) is 3.54. The lowest BCUT2D eigenvalue weighted by atomic mass is 10.0. The Balaban J connectivity index is 1.96. The Bertz CT molecular complexity index is 208. The summed E-state index contributed by atoms with van der Waals surface area (Å²) in [6.45, 7) is 5.16. The average Bonchev–Trinajstić information content (AvgIpc) is 2.42. The molecule has 0 aliphatic carbocycles. The van der Waals surface area contributed by atoms with Crippen molar-refractivity contribution in [2.75, 3.05) is 26.2 Å². The van der Waals surface area contributed by atoms with Gasteiger partial charge in [-0.3, -0.25) is 0 Å². The third-order valence-electron chi connectivity index (χ3n) is 2.82. The van der Waals surface area contributed by atoms with E-state index in [0.29, 0.717) is 18.6 Å². The highest BCUT2D eigenvalue weighted by atomic mass is 16.6. The second-order valence-electron chi connectivity index (χ2n) is 3.77. The second-order valence-corrected chi connectivity index (χ2v) is 3.77. The van der Waals surface area contributed by atoms with E-state index in [1.807, 2.05) is 11.8 Å². The summed E-state index contributed by atoms with van der Waals surface area (Å²) in [4.78, 5) is 13.3. The van der Waals surface area contributed by atoms with Gasteiger partial charge in [0, 0.05) is 19.1 Å². The van der Waals surface area contributed by atoms with Crippen molar-refractivity contribution in [3.8, 4) is 0 Å². The van der Waals surface area contributed by atoms with Crippen LogP contribution in [0.2, 0.25) is 0 Å². The fraction of sp³-hybridized carbons (Fsp3) is 0.889. The molecule has 2 saturated heterocycles. The van der Waals surface area contributed by atoms with Gasteiger partial charge in [-0.15, -0.1) is 0 Å². The van der Waals surface area contributed by atoms with Crippen LogP contribution in [0.15, 0.2) is 0 Å². The molecule has 0 aromatic rings. The fourth-order valence-corrected chi connectivity index (χ4v) is 2.24. The highest BCUT2D eigenvalue weighted by Crippen LogP contribution is 2.25. The number of carbonyl (C=O) groups excluding carboxylic acids is 1. The number of amides is 1. The van der Waals surface area contributed by atoms with Gasteiger partial charge in [0.15, 0.2) is 0 Å². The highest BCUT2D eigenvalue weighted by Gasteiger charge is 2.38. The Morgan fingerprint density at radius 3 is 3.15 bits per heavy atom. The lowest BCUT2D eigenvalue weighted by Gasteiger charge is -2.23. The molecule has 2 unspecified atom stereocenters. The Hall–Kier alpha value is -0.770. The molecule has 1 N–H and O–H groups in total. The van der Waals surface area contributed by atoms with Gasteiger partial charge in [-0.1, -0.05) is 0 Å². The summed E-state index contributed by atoms with van der Waals surface area (Å²) in [5, 5.41) is 3.32. The molecule has 2 bridgehead atoms. The van der Waals surface area contributed by atoms with Crippen LogP contribution in [0.25, 0.3) is 0 Å². The first kappa shape index (κ1) is 8.81. The van der Waals surface area contributed by atoms with Gasteiger partial charge in [-0.2, -0.15) is 0 Å². The van der Waals surface area contributed by atoms with Gasteiger partial charge in [0.1, 0.15) is 0 Å². The number of ether oxygens (including phenoxy) is 1. The molecule has 2 heterocycles. The van der Waals surface area contributed by atoms with Crippen LogP contribution in [0, 0.1) is 5.92 Å². The maximum Gasteiger partial charge on any atom is 0.410 e. The van der Waals surface area contributed by atoms with Crippen LogP contribution in [0.3, 0.4) is 0 Å². The quantitative estimate of drug-likeness (QED) is 0.643. The van der Waals surface area contributed by atoms with E-state index in [-0.39, 0.29) is 6.09 Å². The maximum atomic E-state index is 11.5. The molecule has 2 fully saturated rings. The molecule has 4 heteroatoms. The predicted molar refractivity (Wildman–Crippen MR) is 48.5 cm³/mol. The molecule has 0 radical (unpaired) electrons. The van der Waals surface area contributed by atoms with Crippen molar-refractivity contribution in [3.63, 3.8) is 0 Å². The van der Waals surface area contributed by atoms with Crippen molar-refractivity contribution in [2.24, 2.45) is 5.92 Å². The summed E-state index contributed by atoms with van der Waals surface area (Å²) >= 11 is 0. The number of nitrogens with zero attached hydrogens (tertiary/aromatic N) is 1. The zero-order valence-electron chi connectivity index (χ0n) is 7.95. The molecular formula is C9H16N2O2. The molecule has 2 aliphatic heterocycles. The van der Waals surface area contributed by atoms with E-state index in [4.69, 9.17) is 4.74 Å². The summed E-state index contributed by atoms with van der Waals surface area (Å²) in [5.41, 5.74) is 0. The van der Waals surface area contributed by atoms with Crippen molar-refractivity contribution in [1.29, 1.82) is 0 Å². The van der Waals surface area contributed by atoms with E-state index in [1.54, 1.807) is 0 Å². The van der Waals surface area contributed by atoms with Gasteiger partial charge in [0.2, 0.25) is 0 Å². The van der Waals surface area contributed by atoms with E-state index < -0.39 is 0 Å². The molecule has 2 atom stereocenters. The molecular weight excluding hydrogens is 168 g/mol. The van der Waals surface area contributed by atoms with Gasteiger partial charge >= 0.3 is 6.09 Å². The van der Waals surface area contributed by atoms with Gasteiger partial charge in [-0.05, 0) is 25.8 Å². The minimum Gasteiger partial charge on any atom is -0.450 e. The first-order chi connectivity index (χ1) is 6.31. The van der Waals surface area contributed by atoms with Crippen LogP contribution in [0.1, 0.15) is 13.3 Å². The predicted octanol–water partition coefficient (Wildman–Crippen LogP) is 0.437. The third-order valence-corrected chi connectivity index (χ3v) is 2.82. The van der Waals surface area contributed by atoms with Crippen LogP contribution in [0.5, 0.6) is 0 Å². The van der Waals surface area contributed by atoms with E-state index >= 15 is 0 Å². The number of hydrogen-bond acceptors (Lipinski definition) is 3. The van der Waals surface area contributed by atoms with Crippen LogP contribution in [-0.2, 0) is 4.74 Å². The number of rotatable bonds is 1. The molecule has 0 saturated carbocycles. The van der Waals surface area contributed by atoms with E-state index in [2.05, 4.69) is 5.32 Å². The minimum absolute atomic E-state index is 0.140. The lowest BCUT2D eigenvalue weighted by Crippen LogP contribution is -2.41. The lowest BCUT2D eigenvalue weighted by molar-refractivity contribution is 0.104. The van der Waals surface area contributed by atoms with E-state index in [9.17, 15) is 4.79 Å². The fourth-order valence-electron chi connectivity index (χ4n) is 2.24. The Morgan fingerprint density at radius 2 is 2.46 bits per heavy atom. The first-order valence-electron chi connectivity index (χ1n) is 4.95. The number of nitrogens with one attached hydrogen (secondary N) is 1. The Morgan fingerprint density at radius 1 is 1.62 bits per heavy atom. The van der Waals surface area contributed by atoms with Crippen molar-refractivity contribution in [1.82, 2.24) is 10.2 Å². The Kier molecular flexibility index (Phi) is 2.40. The molecule has 4 nitrogen and oxygen atoms in total. The monoisotopic (exact) mass is 184 g/mol. The molecule has 1 amide bonds. The number of fused-ring (bicyclic) bond motifs is 2. The smallest absolute Gasteiger partial charge is 0.410 e. The van der Waals surface area contributed by atoms with Crippen molar-refractivity contribution in [3.05, 3.63) is 0 Å². The van der Waals surface area contributed by atoms with E-state index in [1.165, 1.54) is 0 Å². The molecule has 0 aromatic carbocycles. The summed E-state index contributed by atoms with van der Waals surface area (Å²) in [7, 11) is 0. The topological polar surface area (TPSA) is 41.6 Å². The molecule has 2 rings (SSSR count). The Labute approximate surface area is 78.2 Å². The third kappa shape index (κ3) is 1.63. The first-order valence-corrected chi connectivity index (χ1v) is 4.95. The summed E-state index contributed by atoms with van der Waals surface area (Å²) < 4.78 is 4.99. The van der Waals surface area contributed by atoms with Crippen LogP contribution < -0.4 is 5.32 Å². The number of likely N-dealkylation sites (tertiary alicyclic amines) is 1. The van der Waals surface area contributed by atoms with Crippen LogP contribution >= 0.6 is 0 Å². The largest absolute Gasteiger partial charge is 0.450 e. The van der Waals surface area contributed by atoms with Gasteiger partial charge in [-0.25, -0.2) is 4.79 Å². The SMILES string of the molecule is CCOC(=O)N1CC2CNCC1C2. The minimum atomic E-state index is -0.140. The zero-order chi connectivity index (χ0) is 9.26. The highest BCUT2D eigenvalue weighted by molar-refractivity contribution is 5.68. The van der Waals surface area contributed by atoms with Crippen molar-refractivity contribution >= 4 is 6.09 Å². The molecule has 2 aliphatic rings. The number of carbonyl (C=O) groups is 1. The van der Waals surface area contributed by atoms with Crippen LogP contribution in [-0.4, -0.2) is 43.3 Å². The van der Waals surface area contributed by atoms with Gasteiger partial charge in [0.05, 0.1) is 6.61 Å². The standard InChI is InChI=1S/C9H16N2O2/c1-2-13-9(12)11-6-7-3-8(11)5-10-4-7/h7-8,10H,2-6H2,1H3. The van der Waals surface area contributed by atoms with E-state index in [0.717, 1.165) is 26.1 Å². The van der Waals surface area contributed by atoms with Crippen LogP contribution in [0.4, 0.5) is 4.79 Å². The molecule has 0 aromatic heterocycles. The van der Waals surface area contributed by atoms with Crippen molar-refractivity contribution in [2.45, 2.75) is 19.4 Å². The van der Waals surface area contributed by atoms with Gasteiger partial charge in [0.25, 0.3) is 0 Å². The molecule has 13 heavy (non-hydrogen) atoms. The molecule has 0 spiro atoms. The summed E-state index contributed by atoms with van der Waals surface area (Å²) in [5.74, 6) is 0.642. The normalized spacial score (nSPS) is 31.9. The number of piperidine rings is 1. The molecule has 74 valence electrons. The maximum absolute atomic E-state index is 11.5. The van der Waals surface area contributed by atoms with Crippen molar-refractivity contribution < 1.29 is 9.53 Å². The average molecular weight is 184 g/mol. The zero-order valence-corrected chi connectivity index (χ0v) is 7.95. The number of hydrogen-bond donors (Lipinski definition) is 1. The van der Waals surface area contributed by atoms with Gasteiger partial charge < -0.3 is 15.0 Å². The summed E-state index contributed by atoms with van der Waals surface area (Å²) in [6.07, 6.45) is 1.00.